The fraction of sp³-hybridized carbons (Fsp3) is 0.500. The van der Waals surface area contributed by atoms with E-state index in [1.807, 2.05) is 13.8 Å². The summed E-state index contributed by atoms with van der Waals surface area (Å²) in [4.78, 5) is 58.1. The fourth-order valence-electron chi connectivity index (χ4n) is 4.07. The second kappa shape index (κ2) is 13.2. The predicted molar refractivity (Wildman–Crippen MR) is 140 cm³/mol. The molecule has 1 unspecified atom stereocenters. The van der Waals surface area contributed by atoms with E-state index in [0.717, 1.165) is 6.42 Å². The molecule has 0 aliphatic carbocycles. The van der Waals surface area contributed by atoms with E-state index in [0.29, 0.717) is 48.3 Å². The number of benzene rings is 1. The summed E-state index contributed by atoms with van der Waals surface area (Å²) in [5.74, 6) is -0.681. The van der Waals surface area contributed by atoms with Crippen LogP contribution in [0.25, 0.3) is 0 Å². The average Bonchev–Trinajstić information content (AvgIpc) is 3.33. The number of ether oxygens (including phenoxy) is 2. The summed E-state index contributed by atoms with van der Waals surface area (Å²) in [5, 5.41) is 4.81. The Morgan fingerprint density at radius 1 is 1.22 bits per heavy atom. The van der Waals surface area contributed by atoms with Gasteiger partial charge in [0.15, 0.2) is 5.13 Å². The Bertz CT molecular complexity index is 1100. The second-order valence-electron chi connectivity index (χ2n) is 9.06. The number of piperidine rings is 1. The standard InChI is InChI=1S/C26H34N4O6S/c1-5-36-25(34)19-7-6-12-29(14-19)23(32)13-20-16-37-26(27-20)28-22(31)15-30(17(2)3)24(33)18-8-10-21(35-4)11-9-18/h8-11,16-17,19H,5-7,12-15H2,1-4H3,(H,27,28,31). The molecule has 0 saturated carbocycles. The highest BCUT2D eigenvalue weighted by molar-refractivity contribution is 7.13. The van der Waals surface area contributed by atoms with E-state index >= 15 is 0 Å². The van der Waals surface area contributed by atoms with E-state index in [1.165, 1.54) is 16.2 Å². The first kappa shape index (κ1) is 28.1. The lowest BCUT2D eigenvalue weighted by molar-refractivity contribution is -0.151. The van der Waals surface area contributed by atoms with Gasteiger partial charge < -0.3 is 24.6 Å². The van der Waals surface area contributed by atoms with Crippen LogP contribution in [-0.2, 0) is 25.5 Å². The van der Waals surface area contributed by atoms with Crippen molar-refractivity contribution in [2.75, 3.05) is 38.7 Å². The number of hydrogen-bond acceptors (Lipinski definition) is 8. The van der Waals surface area contributed by atoms with Crippen molar-refractivity contribution in [1.29, 1.82) is 0 Å². The number of methoxy groups -OCH3 is 1. The summed E-state index contributed by atoms with van der Waals surface area (Å²) in [7, 11) is 1.55. The van der Waals surface area contributed by atoms with Crippen molar-refractivity contribution in [2.24, 2.45) is 5.92 Å². The van der Waals surface area contributed by atoms with Crippen molar-refractivity contribution < 1.29 is 28.7 Å². The Hall–Kier alpha value is -3.47. The zero-order valence-corrected chi connectivity index (χ0v) is 22.5. The number of anilines is 1. The van der Waals surface area contributed by atoms with Gasteiger partial charge in [-0.25, -0.2) is 4.98 Å². The van der Waals surface area contributed by atoms with Gasteiger partial charge in [0.05, 0.1) is 31.7 Å². The van der Waals surface area contributed by atoms with E-state index in [9.17, 15) is 19.2 Å². The Labute approximate surface area is 220 Å². The molecular formula is C26H34N4O6S. The molecule has 10 nitrogen and oxygen atoms in total. The molecule has 0 spiro atoms. The molecular weight excluding hydrogens is 496 g/mol. The quantitative estimate of drug-likeness (QED) is 0.469. The van der Waals surface area contributed by atoms with Crippen LogP contribution in [0, 0.1) is 5.92 Å². The number of amides is 3. The number of thiazole rings is 1. The van der Waals surface area contributed by atoms with Crippen LogP contribution in [0.2, 0.25) is 0 Å². The molecule has 1 N–H and O–H groups in total. The first-order valence-electron chi connectivity index (χ1n) is 12.4. The van der Waals surface area contributed by atoms with Crippen LogP contribution in [0.1, 0.15) is 49.7 Å². The van der Waals surface area contributed by atoms with Crippen LogP contribution in [0.3, 0.4) is 0 Å². The van der Waals surface area contributed by atoms with Gasteiger partial charge >= 0.3 is 5.97 Å². The van der Waals surface area contributed by atoms with E-state index in [1.54, 1.807) is 48.6 Å². The smallest absolute Gasteiger partial charge is 0.310 e. The maximum Gasteiger partial charge on any atom is 0.310 e. The molecule has 11 heteroatoms. The molecule has 200 valence electrons. The molecule has 1 aromatic carbocycles. The summed E-state index contributed by atoms with van der Waals surface area (Å²) >= 11 is 1.22. The highest BCUT2D eigenvalue weighted by Gasteiger charge is 2.29. The van der Waals surface area contributed by atoms with Crippen molar-refractivity contribution in [3.05, 3.63) is 40.9 Å². The van der Waals surface area contributed by atoms with Crippen LogP contribution in [0.5, 0.6) is 5.75 Å². The van der Waals surface area contributed by atoms with Crippen molar-refractivity contribution >= 4 is 40.2 Å². The Balaban J connectivity index is 1.55. The van der Waals surface area contributed by atoms with Gasteiger partial charge in [-0.3, -0.25) is 19.2 Å². The van der Waals surface area contributed by atoms with Crippen LogP contribution < -0.4 is 10.1 Å². The average molecular weight is 531 g/mol. The second-order valence-corrected chi connectivity index (χ2v) is 9.91. The number of carbonyl (C=O) groups is 4. The Morgan fingerprint density at radius 2 is 1.95 bits per heavy atom. The Morgan fingerprint density at radius 3 is 2.59 bits per heavy atom. The number of hydrogen-bond donors (Lipinski definition) is 1. The molecule has 37 heavy (non-hydrogen) atoms. The van der Waals surface area contributed by atoms with E-state index < -0.39 is 0 Å². The maximum absolute atomic E-state index is 13.0. The van der Waals surface area contributed by atoms with E-state index in [4.69, 9.17) is 9.47 Å². The predicted octanol–water partition coefficient (Wildman–Crippen LogP) is 2.99. The van der Waals surface area contributed by atoms with Crippen molar-refractivity contribution in [2.45, 2.75) is 46.1 Å². The zero-order chi connectivity index (χ0) is 26.9. The van der Waals surface area contributed by atoms with Gasteiger partial charge in [-0.1, -0.05) is 0 Å². The van der Waals surface area contributed by atoms with Crippen molar-refractivity contribution in [1.82, 2.24) is 14.8 Å². The zero-order valence-electron chi connectivity index (χ0n) is 21.7. The molecule has 3 rings (SSSR count). The molecule has 1 fully saturated rings. The van der Waals surface area contributed by atoms with Crippen LogP contribution in [-0.4, -0.2) is 77.9 Å². The number of aromatic nitrogens is 1. The largest absolute Gasteiger partial charge is 0.497 e. The Kier molecular flexibility index (Phi) is 10.0. The van der Waals surface area contributed by atoms with Crippen molar-refractivity contribution in [3.63, 3.8) is 0 Å². The number of likely N-dealkylation sites (tertiary alicyclic amines) is 1. The molecule has 1 aromatic heterocycles. The molecule has 2 aromatic rings. The number of esters is 1. The van der Waals surface area contributed by atoms with Gasteiger partial charge in [-0.05, 0) is 57.9 Å². The molecule has 0 bridgehead atoms. The number of nitrogens with zero attached hydrogens (tertiary/aromatic N) is 3. The number of nitrogens with one attached hydrogen (secondary N) is 1. The fourth-order valence-corrected chi connectivity index (χ4v) is 4.80. The molecule has 2 heterocycles. The van der Waals surface area contributed by atoms with Crippen LogP contribution in [0.15, 0.2) is 29.6 Å². The third-order valence-corrected chi connectivity index (χ3v) is 6.87. The number of carbonyl (C=O) groups excluding carboxylic acids is 4. The van der Waals surface area contributed by atoms with Crippen molar-refractivity contribution in [3.8, 4) is 5.75 Å². The van der Waals surface area contributed by atoms with E-state index in [2.05, 4.69) is 10.3 Å². The monoisotopic (exact) mass is 530 g/mol. The van der Waals surface area contributed by atoms with Crippen LogP contribution in [0.4, 0.5) is 5.13 Å². The summed E-state index contributed by atoms with van der Waals surface area (Å²) in [5.41, 5.74) is 0.999. The minimum atomic E-state index is -0.379. The first-order chi connectivity index (χ1) is 17.7. The van der Waals surface area contributed by atoms with Gasteiger partial charge in [0.2, 0.25) is 11.8 Å². The molecule has 0 radical (unpaired) electrons. The third-order valence-electron chi connectivity index (χ3n) is 6.06. The first-order valence-corrected chi connectivity index (χ1v) is 13.2. The van der Waals surface area contributed by atoms with Gasteiger partial charge in [0.1, 0.15) is 12.3 Å². The minimum Gasteiger partial charge on any atom is -0.497 e. The van der Waals surface area contributed by atoms with Gasteiger partial charge in [0, 0.05) is 30.1 Å². The molecule has 1 saturated heterocycles. The summed E-state index contributed by atoms with van der Waals surface area (Å²) in [6, 6.07) is 6.52. The highest BCUT2D eigenvalue weighted by atomic mass is 32.1. The minimum absolute atomic E-state index is 0.0794. The summed E-state index contributed by atoms with van der Waals surface area (Å²) in [6.07, 6.45) is 1.54. The SMILES string of the molecule is CCOC(=O)C1CCCN(C(=O)Cc2csc(NC(=O)CN(C(=O)c3ccc(OC)cc3)C(C)C)n2)C1. The molecule has 1 aliphatic rings. The lowest BCUT2D eigenvalue weighted by Crippen LogP contribution is -2.43. The van der Waals surface area contributed by atoms with Gasteiger partial charge in [0.25, 0.3) is 5.91 Å². The van der Waals surface area contributed by atoms with Gasteiger partial charge in [-0.15, -0.1) is 11.3 Å². The lowest BCUT2D eigenvalue weighted by atomic mass is 9.98. The molecule has 3 amide bonds. The number of rotatable bonds is 10. The topological polar surface area (TPSA) is 118 Å². The maximum atomic E-state index is 13.0. The molecule has 1 aliphatic heterocycles. The summed E-state index contributed by atoms with van der Waals surface area (Å²) in [6.45, 7) is 6.57. The lowest BCUT2D eigenvalue weighted by Gasteiger charge is -2.31. The summed E-state index contributed by atoms with van der Waals surface area (Å²) < 4.78 is 10.2. The van der Waals surface area contributed by atoms with Gasteiger partial charge in [-0.2, -0.15) is 0 Å². The third kappa shape index (κ3) is 7.75. The van der Waals surface area contributed by atoms with Crippen LogP contribution >= 0.6 is 11.3 Å². The molecule has 1 atom stereocenters. The highest BCUT2D eigenvalue weighted by Crippen LogP contribution is 2.21. The van der Waals surface area contributed by atoms with E-state index in [-0.39, 0.29) is 48.6 Å². The normalized spacial score (nSPS) is 15.3.